The van der Waals surface area contributed by atoms with Gasteiger partial charge in [0.1, 0.15) is 0 Å². The highest BCUT2D eigenvalue weighted by Gasteiger charge is 2.38. The molecule has 1 saturated heterocycles. The molecule has 0 bridgehead atoms. The molecular weight excluding hydrogens is 166 g/mol. The van der Waals surface area contributed by atoms with Gasteiger partial charge in [-0.3, -0.25) is 0 Å². The molecule has 1 aliphatic rings. The van der Waals surface area contributed by atoms with Crippen LogP contribution in [-0.4, -0.2) is 28.2 Å². The van der Waals surface area contributed by atoms with Gasteiger partial charge in [0.2, 0.25) is 0 Å². The number of hydrogen-bond donors (Lipinski definition) is 1. The maximum absolute atomic E-state index is 10.9. The number of carboxylic acid groups (broad SMARTS) is 1. The van der Waals surface area contributed by atoms with Crippen molar-refractivity contribution in [2.24, 2.45) is 0 Å². The average molecular weight is 185 g/mol. The molecule has 1 rings (SSSR count). The summed E-state index contributed by atoms with van der Waals surface area (Å²) in [5, 5.41) is 8.97. The molecule has 0 radical (unpaired) electrons. The van der Waals surface area contributed by atoms with E-state index in [1.807, 2.05) is 0 Å². The lowest BCUT2D eigenvalue weighted by Gasteiger charge is -2.33. The number of likely N-dealkylation sites (tertiary alicyclic amines) is 1. The number of nitrogens with zero attached hydrogens (tertiary/aromatic N) is 1. The normalized spacial score (nSPS) is 28.0. The van der Waals surface area contributed by atoms with Crippen LogP contribution in [0.2, 0.25) is 0 Å². The van der Waals surface area contributed by atoms with Gasteiger partial charge >= 0.3 is 6.09 Å². The second kappa shape index (κ2) is 3.99. The molecule has 1 heterocycles. The van der Waals surface area contributed by atoms with E-state index in [9.17, 15) is 4.79 Å². The minimum atomic E-state index is -0.754. The summed E-state index contributed by atoms with van der Waals surface area (Å²) in [5.74, 6) is 0. The summed E-state index contributed by atoms with van der Waals surface area (Å²) in [7, 11) is 0. The van der Waals surface area contributed by atoms with Crippen LogP contribution in [-0.2, 0) is 0 Å². The van der Waals surface area contributed by atoms with Gasteiger partial charge in [0, 0.05) is 12.1 Å². The van der Waals surface area contributed by atoms with Crippen LogP contribution in [0, 0.1) is 0 Å². The highest BCUT2D eigenvalue weighted by atomic mass is 16.4. The molecule has 0 aromatic rings. The van der Waals surface area contributed by atoms with Crippen molar-refractivity contribution in [2.45, 2.75) is 51.5 Å². The van der Waals surface area contributed by atoms with Gasteiger partial charge in [0.05, 0.1) is 0 Å². The monoisotopic (exact) mass is 185 g/mol. The van der Waals surface area contributed by atoms with Crippen molar-refractivity contribution in [3.63, 3.8) is 0 Å². The first-order valence-electron chi connectivity index (χ1n) is 5.11. The van der Waals surface area contributed by atoms with E-state index in [2.05, 4.69) is 13.8 Å². The van der Waals surface area contributed by atoms with Crippen LogP contribution in [0.3, 0.4) is 0 Å². The molecule has 3 heteroatoms. The highest BCUT2D eigenvalue weighted by Crippen LogP contribution is 2.33. The summed E-state index contributed by atoms with van der Waals surface area (Å²) >= 11 is 0. The van der Waals surface area contributed by atoms with Crippen LogP contribution in [0.4, 0.5) is 4.79 Å². The smallest absolute Gasteiger partial charge is 0.407 e. The fourth-order valence-corrected chi connectivity index (χ4v) is 2.17. The van der Waals surface area contributed by atoms with Crippen LogP contribution in [0.15, 0.2) is 0 Å². The van der Waals surface area contributed by atoms with Gasteiger partial charge in [-0.1, -0.05) is 19.8 Å². The number of rotatable bonds is 3. The number of unbranched alkanes of at least 4 members (excludes halogenated alkanes) is 1. The van der Waals surface area contributed by atoms with Gasteiger partial charge in [-0.25, -0.2) is 4.79 Å². The SMILES string of the molecule is CCCCC1(C)CCCN1C(=O)O. The molecule has 0 aromatic carbocycles. The highest BCUT2D eigenvalue weighted by molar-refractivity contribution is 5.66. The molecule has 0 aromatic heterocycles. The van der Waals surface area contributed by atoms with Crippen LogP contribution in [0.25, 0.3) is 0 Å². The minimum Gasteiger partial charge on any atom is -0.465 e. The standard InChI is InChI=1S/C10H19NO2/c1-3-4-6-10(2)7-5-8-11(10)9(12)13/h3-8H2,1-2H3,(H,12,13). The summed E-state index contributed by atoms with van der Waals surface area (Å²) in [6.45, 7) is 4.93. The predicted octanol–water partition coefficient (Wildman–Crippen LogP) is 2.71. The van der Waals surface area contributed by atoms with Crippen LogP contribution in [0.1, 0.15) is 46.0 Å². The van der Waals surface area contributed by atoms with Gasteiger partial charge < -0.3 is 10.0 Å². The lowest BCUT2D eigenvalue weighted by atomic mass is 9.92. The van der Waals surface area contributed by atoms with Crippen molar-refractivity contribution >= 4 is 6.09 Å². The van der Waals surface area contributed by atoms with Gasteiger partial charge in [-0.15, -0.1) is 0 Å². The average Bonchev–Trinajstić information content (AvgIpc) is 2.44. The van der Waals surface area contributed by atoms with Gasteiger partial charge in [-0.05, 0) is 26.2 Å². The molecule has 0 saturated carbocycles. The Morgan fingerprint density at radius 3 is 2.85 bits per heavy atom. The molecule has 0 aliphatic carbocycles. The molecule has 1 fully saturated rings. The van der Waals surface area contributed by atoms with Gasteiger partial charge in [-0.2, -0.15) is 0 Å². The zero-order chi connectivity index (χ0) is 9.90. The summed E-state index contributed by atoms with van der Waals surface area (Å²) in [6.07, 6.45) is 4.57. The fraction of sp³-hybridized carbons (Fsp3) is 0.900. The third-order valence-electron chi connectivity index (χ3n) is 3.05. The van der Waals surface area contributed by atoms with Crippen molar-refractivity contribution in [1.29, 1.82) is 0 Å². The van der Waals surface area contributed by atoms with Gasteiger partial charge in [0.25, 0.3) is 0 Å². The Bertz CT molecular complexity index is 193. The Morgan fingerprint density at radius 1 is 1.62 bits per heavy atom. The molecule has 1 atom stereocenters. The molecule has 1 amide bonds. The van der Waals surface area contributed by atoms with Crippen LogP contribution >= 0.6 is 0 Å². The van der Waals surface area contributed by atoms with Crippen molar-refractivity contribution in [2.75, 3.05) is 6.54 Å². The molecule has 13 heavy (non-hydrogen) atoms. The predicted molar refractivity (Wildman–Crippen MR) is 51.9 cm³/mol. The Labute approximate surface area is 79.7 Å². The maximum Gasteiger partial charge on any atom is 0.407 e. The number of hydrogen-bond acceptors (Lipinski definition) is 1. The second-order valence-corrected chi connectivity index (χ2v) is 4.14. The topological polar surface area (TPSA) is 40.5 Å². The first-order valence-corrected chi connectivity index (χ1v) is 5.11. The van der Waals surface area contributed by atoms with E-state index in [1.54, 1.807) is 4.90 Å². The van der Waals surface area contributed by atoms with Crippen LogP contribution < -0.4 is 0 Å². The van der Waals surface area contributed by atoms with Crippen molar-refractivity contribution in [3.8, 4) is 0 Å². The molecule has 1 aliphatic heterocycles. The molecule has 1 N–H and O–H groups in total. The van der Waals surface area contributed by atoms with E-state index in [0.717, 1.165) is 38.6 Å². The number of amides is 1. The zero-order valence-electron chi connectivity index (χ0n) is 8.55. The Kier molecular flexibility index (Phi) is 3.17. The summed E-state index contributed by atoms with van der Waals surface area (Å²) in [4.78, 5) is 12.5. The van der Waals surface area contributed by atoms with E-state index < -0.39 is 6.09 Å². The van der Waals surface area contributed by atoms with Crippen LogP contribution in [0.5, 0.6) is 0 Å². The Hall–Kier alpha value is -0.730. The Morgan fingerprint density at radius 2 is 2.31 bits per heavy atom. The summed E-state index contributed by atoms with van der Waals surface area (Å²) < 4.78 is 0. The van der Waals surface area contributed by atoms with E-state index in [-0.39, 0.29) is 5.54 Å². The fourth-order valence-electron chi connectivity index (χ4n) is 2.17. The molecule has 3 nitrogen and oxygen atoms in total. The molecule has 0 spiro atoms. The van der Waals surface area contributed by atoms with E-state index in [0.29, 0.717) is 0 Å². The first kappa shape index (κ1) is 10.4. The molecule has 76 valence electrons. The quantitative estimate of drug-likeness (QED) is 0.734. The first-order chi connectivity index (χ1) is 6.10. The lowest BCUT2D eigenvalue weighted by Crippen LogP contribution is -2.44. The zero-order valence-corrected chi connectivity index (χ0v) is 8.55. The third-order valence-corrected chi connectivity index (χ3v) is 3.05. The Balaban J connectivity index is 2.58. The van der Waals surface area contributed by atoms with Gasteiger partial charge in [0.15, 0.2) is 0 Å². The molecule has 1 unspecified atom stereocenters. The summed E-state index contributed by atoms with van der Waals surface area (Å²) in [5.41, 5.74) is -0.0815. The summed E-state index contributed by atoms with van der Waals surface area (Å²) in [6, 6.07) is 0. The minimum absolute atomic E-state index is 0.0815. The van der Waals surface area contributed by atoms with Crippen molar-refractivity contribution in [3.05, 3.63) is 0 Å². The second-order valence-electron chi connectivity index (χ2n) is 4.14. The lowest BCUT2D eigenvalue weighted by molar-refractivity contribution is 0.104. The largest absolute Gasteiger partial charge is 0.465 e. The van der Waals surface area contributed by atoms with E-state index >= 15 is 0 Å². The number of carbonyl (C=O) groups is 1. The molecular formula is C10H19NO2. The maximum atomic E-state index is 10.9. The van der Waals surface area contributed by atoms with Crippen molar-refractivity contribution < 1.29 is 9.90 Å². The third kappa shape index (κ3) is 2.14. The van der Waals surface area contributed by atoms with E-state index in [4.69, 9.17) is 5.11 Å². The van der Waals surface area contributed by atoms with E-state index in [1.165, 1.54) is 0 Å². The van der Waals surface area contributed by atoms with Crippen molar-refractivity contribution in [1.82, 2.24) is 4.90 Å².